The van der Waals surface area contributed by atoms with Gasteiger partial charge in [0.1, 0.15) is 0 Å². The molecule has 0 unspecified atom stereocenters. The molecule has 4 nitrogen and oxygen atoms in total. The monoisotopic (exact) mass is 412 g/mol. The van der Waals surface area contributed by atoms with E-state index in [1.165, 1.54) is 12.3 Å². The van der Waals surface area contributed by atoms with Crippen LogP contribution in [-0.2, 0) is 10.0 Å². The largest absolute Gasteiger partial charge is 0.258 e. The summed E-state index contributed by atoms with van der Waals surface area (Å²) in [4.78, 5) is 4.05. The molecule has 3 aromatic carbocycles. The normalized spacial score (nSPS) is 18.3. The lowest BCUT2D eigenvalue weighted by molar-refractivity contribution is 0.531. The standard InChI is InChI=1S/C25H20N2O2S/c28-30(29,24-14-5-6-17-26-24)27-25-21-12-4-2-9-19(21)15-16-23(25)22-13-7-10-18-8-1-3-11-20(18)22/h1-17,23,25,27H/t23-,25+/m0/s1. The Morgan fingerprint density at radius 3 is 2.37 bits per heavy atom. The van der Waals surface area contributed by atoms with E-state index < -0.39 is 16.1 Å². The van der Waals surface area contributed by atoms with Crippen molar-refractivity contribution in [3.8, 4) is 0 Å². The number of nitrogens with one attached hydrogen (secondary N) is 1. The summed E-state index contributed by atoms with van der Waals surface area (Å²) in [6.45, 7) is 0. The molecular formula is C25H20N2O2S. The van der Waals surface area contributed by atoms with E-state index in [4.69, 9.17) is 0 Å². The van der Waals surface area contributed by atoms with E-state index in [9.17, 15) is 8.42 Å². The molecule has 1 N–H and O–H groups in total. The molecule has 0 fully saturated rings. The molecule has 5 rings (SSSR count). The Balaban J connectivity index is 1.65. The van der Waals surface area contributed by atoms with Gasteiger partial charge in [0.2, 0.25) is 0 Å². The summed E-state index contributed by atoms with van der Waals surface area (Å²) in [7, 11) is -3.79. The van der Waals surface area contributed by atoms with Crippen LogP contribution < -0.4 is 4.72 Å². The minimum absolute atomic E-state index is 0.0219. The molecular weight excluding hydrogens is 392 g/mol. The Hall–Kier alpha value is -3.28. The third kappa shape index (κ3) is 3.32. The zero-order valence-corrected chi connectivity index (χ0v) is 17.0. The molecule has 148 valence electrons. The summed E-state index contributed by atoms with van der Waals surface area (Å²) in [5.74, 6) is -0.149. The molecule has 30 heavy (non-hydrogen) atoms. The van der Waals surface area contributed by atoms with Crippen LogP contribution in [0.15, 0.2) is 102 Å². The van der Waals surface area contributed by atoms with E-state index in [-0.39, 0.29) is 10.9 Å². The molecule has 0 saturated heterocycles. The van der Waals surface area contributed by atoms with Gasteiger partial charge >= 0.3 is 0 Å². The average molecular weight is 413 g/mol. The number of hydrogen-bond donors (Lipinski definition) is 1. The first-order chi connectivity index (χ1) is 14.6. The van der Waals surface area contributed by atoms with E-state index in [0.717, 1.165) is 27.5 Å². The first-order valence-electron chi connectivity index (χ1n) is 9.82. The number of fused-ring (bicyclic) bond motifs is 2. The fraction of sp³-hybridized carbons (Fsp3) is 0.0800. The molecule has 0 aliphatic heterocycles. The molecule has 0 spiro atoms. The Morgan fingerprint density at radius 2 is 1.50 bits per heavy atom. The summed E-state index contributed by atoms with van der Waals surface area (Å²) >= 11 is 0. The predicted molar refractivity (Wildman–Crippen MR) is 119 cm³/mol. The second-order valence-corrected chi connectivity index (χ2v) is 9.01. The van der Waals surface area contributed by atoms with Gasteiger partial charge in [-0.1, -0.05) is 84.9 Å². The van der Waals surface area contributed by atoms with E-state index in [0.29, 0.717) is 0 Å². The van der Waals surface area contributed by atoms with Crippen molar-refractivity contribution in [2.45, 2.75) is 17.0 Å². The predicted octanol–water partition coefficient (Wildman–Crippen LogP) is 5.07. The van der Waals surface area contributed by atoms with Gasteiger partial charge in [0, 0.05) is 12.1 Å². The smallest absolute Gasteiger partial charge is 0.243 e. The highest BCUT2D eigenvalue weighted by atomic mass is 32.2. The molecule has 0 saturated carbocycles. The molecule has 4 aromatic rings. The molecule has 1 aromatic heterocycles. The number of pyridine rings is 1. The molecule has 0 amide bonds. The summed E-state index contributed by atoms with van der Waals surface area (Å²) in [6.07, 6.45) is 5.66. The van der Waals surface area contributed by atoms with Gasteiger partial charge in [0.25, 0.3) is 10.0 Å². The van der Waals surface area contributed by atoms with Crippen molar-refractivity contribution in [2.75, 3.05) is 0 Å². The van der Waals surface area contributed by atoms with Gasteiger partial charge < -0.3 is 0 Å². The topological polar surface area (TPSA) is 59.1 Å². The number of nitrogens with zero attached hydrogens (tertiary/aromatic N) is 1. The van der Waals surface area contributed by atoms with Gasteiger partial charge in [-0.3, -0.25) is 0 Å². The lowest BCUT2D eigenvalue weighted by Gasteiger charge is -2.31. The van der Waals surface area contributed by atoms with Crippen LogP contribution in [0.25, 0.3) is 16.8 Å². The summed E-state index contributed by atoms with van der Waals surface area (Å²) in [5.41, 5.74) is 3.06. The van der Waals surface area contributed by atoms with Crippen molar-refractivity contribution in [3.63, 3.8) is 0 Å². The fourth-order valence-electron chi connectivity index (χ4n) is 4.15. The van der Waals surface area contributed by atoms with Gasteiger partial charge in [0.05, 0.1) is 6.04 Å². The van der Waals surface area contributed by atoms with Crippen LogP contribution in [0, 0.1) is 0 Å². The van der Waals surface area contributed by atoms with Gasteiger partial charge in [-0.05, 0) is 39.6 Å². The summed E-state index contributed by atoms with van der Waals surface area (Å²) in [5, 5.41) is 2.28. The highest BCUT2D eigenvalue weighted by molar-refractivity contribution is 7.89. The highest BCUT2D eigenvalue weighted by Gasteiger charge is 2.32. The van der Waals surface area contributed by atoms with Crippen LogP contribution in [-0.4, -0.2) is 13.4 Å². The van der Waals surface area contributed by atoms with Crippen molar-refractivity contribution in [1.29, 1.82) is 0 Å². The van der Waals surface area contributed by atoms with Crippen molar-refractivity contribution in [2.24, 2.45) is 0 Å². The van der Waals surface area contributed by atoms with E-state index >= 15 is 0 Å². The quantitative estimate of drug-likeness (QED) is 0.509. The summed E-state index contributed by atoms with van der Waals surface area (Å²) in [6, 6.07) is 26.7. The van der Waals surface area contributed by atoms with E-state index in [2.05, 4.69) is 46.1 Å². The third-order valence-corrected chi connectivity index (χ3v) is 6.91. The number of hydrogen-bond acceptors (Lipinski definition) is 3. The lowest BCUT2D eigenvalue weighted by atomic mass is 9.80. The van der Waals surface area contributed by atoms with Gasteiger partial charge in [-0.25, -0.2) is 18.1 Å². The van der Waals surface area contributed by atoms with Crippen molar-refractivity contribution in [1.82, 2.24) is 9.71 Å². The van der Waals surface area contributed by atoms with Crippen LogP contribution in [0.1, 0.15) is 28.7 Å². The second-order valence-electron chi connectivity index (χ2n) is 7.35. The number of sulfonamides is 1. The van der Waals surface area contributed by atoms with Crippen LogP contribution in [0.5, 0.6) is 0 Å². The average Bonchev–Trinajstić information content (AvgIpc) is 2.79. The molecule has 5 heteroatoms. The van der Waals surface area contributed by atoms with E-state index in [1.54, 1.807) is 12.1 Å². The van der Waals surface area contributed by atoms with E-state index in [1.807, 2.05) is 42.5 Å². The minimum Gasteiger partial charge on any atom is -0.243 e. The zero-order valence-electron chi connectivity index (χ0n) is 16.1. The molecule has 1 aliphatic carbocycles. The Bertz CT molecular complexity index is 1340. The third-order valence-electron chi connectivity index (χ3n) is 5.55. The Kier molecular flexibility index (Phi) is 4.69. The fourth-order valence-corrected chi connectivity index (χ4v) is 5.34. The van der Waals surface area contributed by atoms with Crippen molar-refractivity contribution >= 4 is 26.9 Å². The van der Waals surface area contributed by atoms with Crippen molar-refractivity contribution < 1.29 is 8.42 Å². The maximum atomic E-state index is 13.2. The molecule has 0 bridgehead atoms. The second kappa shape index (κ2) is 7.52. The molecule has 0 radical (unpaired) electrons. The molecule has 2 atom stereocenters. The van der Waals surface area contributed by atoms with Gasteiger partial charge in [0.15, 0.2) is 5.03 Å². The number of rotatable bonds is 4. The minimum atomic E-state index is -3.79. The van der Waals surface area contributed by atoms with Crippen LogP contribution >= 0.6 is 0 Å². The number of aromatic nitrogens is 1. The Morgan fingerprint density at radius 1 is 0.767 bits per heavy atom. The SMILES string of the molecule is O=S(=O)(N[C@@H]1c2ccccc2C=C[C@H]1c1cccc2ccccc12)c1ccccn1. The maximum absolute atomic E-state index is 13.2. The van der Waals surface area contributed by atoms with Crippen LogP contribution in [0.2, 0.25) is 0 Å². The first kappa shape index (κ1) is 18.7. The van der Waals surface area contributed by atoms with Gasteiger partial charge in [-0.2, -0.15) is 0 Å². The lowest BCUT2D eigenvalue weighted by Crippen LogP contribution is -2.34. The Labute approximate surface area is 176 Å². The van der Waals surface area contributed by atoms with Crippen LogP contribution in [0.4, 0.5) is 0 Å². The van der Waals surface area contributed by atoms with Crippen molar-refractivity contribution in [3.05, 3.63) is 114 Å². The molecule has 1 aliphatic rings. The highest BCUT2D eigenvalue weighted by Crippen LogP contribution is 2.41. The summed E-state index contributed by atoms with van der Waals surface area (Å²) < 4.78 is 29.2. The first-order valence-corrected chi connectivity index (χ1v) is 11.3. The maximum Gasteiger partial charge on any atom is 0.258 e. The zero-order chi connectivity index (χ0) is 20.6. The van der Waals surface area contributed by atoms with Gasteiger partial charge in [-0.15, -0.1) is 0 Å². The van der Waals surface area contributed by atoms with Crippen LogP contribution in [0.3, 0.4) is 0 Å². The molecule has 1 heterocycles. The number of benzene rings is 3.